The number of rotatable bonds is 4. The van der Waals surface area contributed by atoms with Gasteiger partial charge in [0.2, 0.25) is 5.88 Å². The average molecular weight is 451 g/mol. The van der Waals surface area contributed by atoms with Crippen LogP contribution < -0.4 is 15.4 Å². The SMILES string of the molecule is COc1ccc(NC(=O)N[C@@H]2CCN(C)[C@@H](c3nc4ccc(Cl)cc4[nH]3)C2)cn1.Cl. The lowest BCUT2D eigenvalue weighted by Gasteiger charge is -2.36. The number of urea groups is 1. The third-order valence-corrected chi connectivity index (χ3v) is 5.42. The van der Waals surface area contributed by atoms with Gasteiger partial charge in [0.15, 0.2) is 0 Å². The Morgan fingerprint density at radius 2 is 2.17 bits per heavy atom. The van der Waals surface area contributed by atoms with Gasteiger partial charge in [0.05, 0.1) is 36.1 Å². The van der Waals surface area contributed by atoms with E-state index >= 15 is 0 Å². The molecule has 1 aliphatic rings. The highest BCUT2D eigenvalue weighted by Gasteiger charge is 2.30. The van der Waals surface area contributed by atoms with Crippen LogP contribution in [0.3, 0.4) is 0 Å². The van der Waals surface area contributed by atoms with Gasteiger partial charge in [0.1, 0.15) is 5.82 Å². The molecule has 2 aromatic heterocycles. The van der Waals surface area contributed by atoms with E-state index in [2.05, 4.69) is 32.5 Å². The van der Waals surface area contributed by atoms with Crippen molar-refractivity contribution in [3.63, 3.8) is 0 Å². The van der Waals surface area contributed by atoms with Gasteiger partial charge in [-0.3, -0.25) is 4.90 Å². The monoisotopic (exact) mass is 450 g/mol. The molecule has 0 unspecified atom stereocenters. The van der Waals surface area contributed by atoms with Crippen molar-refractivity contribution < 1.29 is 9.53 Å². The Balaban J connectivity index is 0.00000256. The molecule has 4 rings (SSSR count). The number of H-pyrrole nitrogens is 1. The summed E-state index contributed by atoms with van der Waals surface area (Å²) in [5, 5.41) is 6.55. The van der Waals surface area contributed by atoms with Crippen molar-refractivity contribution in [2.24, 2.45) is 0 Å². The zero-order valence-corrected chi connectivity index (χ0v) is 18.3. The van der Waals surface area contributed by atoms with Gasteiger partial charge in [-0.05, 0) is 44.2 Å². The van der Waals surface area contributed by atoms with Crippen LogP contribution in [0.15, 0.2) is 36.5 Å². The van der Waals surface area contributed by atoms with E-state index < -0.39 is 0 Å². The molecule has 0 radical (unpaired) electrons. The van der Waals surface area contributed by atoms with Crippen molar-refractivity contribution in [2.75, 3.05) is 26.0 Å². The highest BCUT2D eigenvalue weighted by molar-refractivity contribution is 6.31. The number of ether oxygens (including phenoxy) is 1. The summed E-state index contributed by atoms with van der Waals surface area (Å²) < 4.78 is 5.03. The maximum Gasteiger partial charge on any atom is 0.319 e. The molecule has 3 N–H and O–H groups in total. The fraction of sp³-hybridized carbons (Fsp3) is 0.350. The van der Waals surface area contributed by atoms with Crippen molar-refractivity contribution in [1.29, 1.82) is 0 Å². The van der Waals surface area contributed by atoms with Gasteiger partial charge in [-0.2, -0.15) is 0 Å². The zero-order chi connectivity index (χ0) is 20.4. The van der Waals surface area contributed by atoms with Gasteiger partial charge in [0, 0.05) is 23.7 Å². The van der Waals surface area contributed by atoms with E-state index in [1.54, 1.807) is 25.4 Å². The second kappa shape index (κ2) is 9.51. The van der Waals surface area contributed by atoms with E-state index in [-0.39, 0.29) is 30.5 Å². The Morgan fingerprint density at radius 3 is 2.90 bits per heavy atom. The molecule has 1 fully saturated rings. The Morgan fingerprint density at radius 1 is 1.33 bits per heavy atom. The number of imidazole rings is 1. The third kappa shape index (κ3) is 4.95. The Hall–Kier alpha value is -2.55. The number of carbonyl (C=O) groups is 1. The van der Waals surface area contributed by atoms with Gasteiger partial charge in [0.25, 0.3) is 0 Å². The summed E-state index contributed by atoms with van der Waals surface area (Å²) in [5.74, 6) is 1.39. The molecule has 2 atom stereocenters. The topological polar surface area (TPSA) is 95.2 Å². The number of fused-ring (bicyclic) bond motifs is 1. The lowest BCUT2D eigenvalue weighted by molar-refractivity contribution is 0.153. The summed E-state index contributed by atoms with van der Waals surface area (Å²) >= 11 is 6.08. The maximum absolute atomic E-state index is 12.4. The first kappa shape index (κ1) is 22.1. The number of halogens is 2. The Bertz CT molecular complexity index is 1010. The van der Waals surface area contributed by atoms with Gasteiger partial charge in [-0.15, -0.1) is 12.4 Å². The smallest absolute Gasteiger partial charge is 0.319 e. The van der Waals surface area contributed by atoms with E-state index in [1.807, 2.05) is 18.2 Å². The summed E-state index contributed by atoms with van der Waals surface area (Å²) in [6, 6.07) is 8.96. The molecule has 0 bridgehead atoms. The predicted octanol–water partition coefficient (Wildman–Crippen LogP) is 4.00. The number of nitrogens with zero attached hydrogens (tertiary/aromatic N) is 3. The van der Waals surface area contributed by atoms with Gasteiger partial charge in [-0.25, -0.2) is 14.8 Å². The minimum absolute atomic E-state index is 0. The van der Waals surface area contributed by atoms with Crippen molar-refractivity contribution in [3.8, 4) is 5.88 Å². The second-order valence-electron chi connectivity index (χ2n) is 7.19. The van der Waals surface area contributed by atoms with Crippen LogP contribution in [0.4, 0.5) is 10.5 Å². The number of likely N-dealkylation sites (tertiary alicyclic amines) is 1. The van der Waals surface area contributed by atoms with Crippen LogP contribution >= 0.6 is 24.0 Å². The Labute approximate surface area is 185 Å². The number of aromatic nitrogens is 3. The van der Waals surface area contributed by atoms with Gasteiger partial charge in [-0.1, -0.05) is 11.6 Å². The zero-order valence-electron chi connectivity index (χ0n) is 16.7. The first-order valence-electron chi connectivity index (χ1n) is 9.45. The number of hydrogen-bond acceptors (Lipinski definition) is 5. The molecule has 1 saturated heterocycles. The van der Waals surface area contributed by atoms with E-state index in [1.165, 1.54) is 0 Å². The lowest BCUT2D eigenvalue weighted by Crippen LogP contribution is -2.46. The molecule has 1 aromatic carbocycles. The van der Waals surface area contributed by atoms with Crippen molar-refractivity contribution in [1.82, 2.24) is 25.2 Å². The minimum atomic E-state index is -0.248. The number of anilines is 1. The predicted molar refractivity (Wildman–Crippen MR) is 120 cm³/mol. The quantitative estimate of drug-likeness (QED) is 0.558. The molecule has 8 nitrogen and oxygen atoms in total. The summed E-state index contributed by atoms with van der Waals surface area (Å²) in [4.78, 5) is 26.8. The first-order valence-corrected chi connectivity index (χ1v) is 9.82. The van der Waals surface area contributed by atoms with Crippen LogP contribution in [-0.4, -0.2) is 52.6 Å². The normalized spacial score (nSPS) is 19.2. The first-order chi connectivity index (χ1) is 14.0. The molecule has 30 heavy (non-hydrogen) atoms. The van der Waals surface area contributed by atoms with Crippen molar-refractivity contribution in [2.45, 2.75) is 24.9 Å². The number of carbonyl (C=O) groups excluding carboxylic acids is 1. The highest BCUT2D eigenvalue weighted by atomic mass is 35.5. The van der Waals surface area contributed by atoms with Gasteiger partial charge >= 0.3 is 6.03 Å². The number of aromatic amines is 1. The van der Waals surface area contributed by atoms with Crippen LogP contribution in [0.2, 0.25) is 5.02 Å². The number of hydrogen-bond donors (Lipinski definition) is 3. The number of benzene rings is 1. The van der Waals surface area contributed by atoms with Gasteiger partial charge < -0.3 is 20.4 Å². The largest absolute Gasteiger partial charge is 0.481 e. The molecular formula is C20H24Cl2N6O2. The molecule has 10 heteroatoms. The van der Waals surface area contributed by atoms with Crippen LogP contribution in [-0.2, 0) is 0 Å². The van der Waals surface area contributed by atoms with E-state index in [4.69, 9.17) is 21.3 Å². The fourth-order valence-electron chi connectivity index (χ4n) is 3.62. The molecular weight excluding hydrogens is 427 g/mol. The van der Waals surface area contributed by atoms with Crippen LogP contribution in [0, 0.1) is 0 Å². The van der Waals surface area contributed by atoms with E-state index in [0.29, 0.717) is 16.6 Å². The van der Waals surface area contributed by atoms with E-state index in [9.17, 15) is 4.79 Å². The van der Waals surface area contributed by atoms with Crippen molar-refractivity contribution >= 4 is 46.8 Å². The lowest BCUT2D eigenvalue weighted by atomic mass is 9.97. The number of amides is 2. The summed E-state index contributed by atoms with van der Waals surface area (Å²) in [7, 11) is 3.62. The number of pyridine rings is 1. The van der Waals surface area contributed by atoms with Crippen LogP contribution in [0.25, 0.3) is 11.0 Å². The molecule has 1 aliphatic heterocycles. The summed E-state index contributed by atoms with van der Waals surface area (Å²) in [6.07, 6.45) is 3.20. The summed E-state index contributed by atoms with van der Waals surface area (Å²) in [6.45, 7) is 0.859. The molecule has 3 aromatic rings. The summed E-state index contributed by atoms with van der Waals surface area (Å²) in [5.41, 5.74) is 2.42. The molecule has 0 saturated carbocycles. The molecule has 0 aliphatic carbocycles. The van der Waals surface area contributed by atoms with Crippen LogP contribution in [0.1, 0.15) is 24.7 Å². The number of methoxy groups -OCH3 is 1. The standard InChI is InChI=1S/C20H23ClN6O2.ClH/c1-27-8-7-13(23-20(28)24-14-4-6-18(29-2)22-11-14)10-17(27)19-25-15-5-3-12(21)9-16(15)26-19;/h3-6,9,11,13,17H,7-8,10H2,1-2H3,(H,25,26)(H2,23,24,28);1H/t13-,17-;/m1./s1. The highest BCUT2D eigenvalue weighted by Crippen LogP contribution is 2.30. The second-order valence-corrected chi connectivity index (χ2v) is 7.63. The third-order valence-electron chi connectivity index (χ3n) is 5.19. The molecule has 3 heterocycles. The maximum atomic E-state index is 12.4. The average Bonchev–Trinajstić information content (AvgIpc) is 3.13. The molecule has 160 valence electrons. The Kier molecular flexibility index (Phi) is 7.02. The minimum Gasteiger partial charge on any atom is -0.481 e. The molecule has 2 amide bonds. The van der Waals surface area contributed by atoms with E-state index in [0.717, 1.165) is 36.2 Å². The molecule has 0 spiro atoms. The van der Waals surface area contributed by atoms with Crippen molar-refractivity contribution in [3.05, 3.63) is 47.4 Å². The fourth-order valence-corrected chi connectivity index (χ4v) is 3.79. The van der Waals surface area contributed by atoms with Crippen LogP contribution in [0.5, 0.6) is 5.88 Å². The number of nitrogens with one attached hydrogen (secondary N) is 3. The number of piperidine rings is 1.